The van der Waals surface area contributed by atoms with Crippen molar-refractivity contribution in [1.29, 1.82) is 0 Å². The van der Waals surface area contributed by atoms with Gasteiger partial charge in [-0.3, -0.25) is 9.78 Å². The predicted molar refractivity (Wildman–Crippen MR) is 145 cm³/mol. The Hall–Kier alpha value is -3.68. The lowest BCUT2D eigenvalue weighted by Gasteiger charge is -2.29. The van der Waals surface area contributed by atoms with Crippen LogP contribution in [-0.2, 0) is 22.4 Å². The number of pyridine rings is 1. The summed E-state index contributed by atoms with van der Waals surface area (Å²) < 4.78 is 65.6. The van der Waals surface area contributed by atoms with E-state index in [1.807, 2.05) is 26.0 Å². The number of rotatable bonds is 10. The van der Waals surface area contributed by atoms with Crippen LogP contribution in [-0.4, -0.2) is 31.2 Å². The molecule has 0 spiro atoms. The zero-order valence-electron chi connectivity index (χ0n) is 23.1. The Morgan fingerprint density at radius 3 is 2.36 bits per heavy atom. The Morgan fingerprint density at radius 1 is 1.10 bits per heavy atom. The van der Waals surface area contributed by atoms with E-state index in [2.05, 4.69) is 11.6 Å². The van der Waals surface area contributed by atoms with Gasteiger partial charge in [0, 0.05) is 30.0 Å². The number of carbonyl (C=O) groups is 1. The molecule has 39 heavy (non-hydrogen) atoms. The fourth-order valence-corrected chi connectivity index (χ4v) is 4.41. The summed E-state index contributed by atoms with van der Waals surface area (Å²) in [7, 11) is 2.75. The number of aromatic nitrogens is 1. The van der Waals surface area contributed by atoms with Gasteiger partial charge in [-0.15, -0.1) is 0 Å². The maximum Gasteiger partial charge on any atom is 0.400 e. The van der Waals surface area contributed by atoms with Crippen molar-refractivity contribution in [3.05, 3.63) is 83.0 Å². The number of aryl methyl sites for hydroxylation is 2. The van der Waals surface area contributed by atoms with Gasteiger partial charge in [-0.2, -0.15) is 13.2 Å². The van der Waals surface area contributed by atoms with Crippen LogP contribution in [0.1, 0.15) is 43.9 Å². The molecule has 1 aromatic heterocycles. The summed E-state index contributed by atoms with van der Waals surface area (Å²) in [5, 5.41) is 0.900. The largest absolute Gasteiger partial charge is 0.500 e. The van der Waals surface area contributed by atoms with Gasteiger partial charge in [0.25, 0.3) is 0 Å². The van der Waals surface area contributed by atoms with Gasteiger partial charge in [-0.1, -0.05) is 25.6 Å². The van der Waals surface area contributed by atoms with Crippen LogP contribution in [0.5, 0.6) is 5.75 Å². The molecule has 3 rings (SSSR count). The van der Waals surface area contributed by atoms with E-state index in [4.69, 9.17) is 9.47 Å². The number of allylic oxidation sites excluding steroid dienone is 3. The molecule has 3 aromatic rings. The molecule has 4 nitrogen and oxygen atoms in total. The average molecular weight is 544 g/mol. The number of carbonyl (C=O) groups excluding carboxylic acids is 1. The highest BCUT2D eigenvalue weighted by Crippen LogP contribution is 2.44. The molecule has 0 aliphatic carbocycles. The van der Waals surface area contributed by atoms with Gasteiger partial charge in [0.1, 0.15) is 28.5 Å². The van der Waals surface area contributed by atoms with Gasteiger partial charge in [-0.05, 0) is 79.3 Å². The third-order valence-electron chi connectivity index (χ3n) is 6.98. The van der Waals surface area contributed by atoms with E-state index in [9.17, 15) is 18.0 Å². The van der Waals surface area contributed by atoms with Crippen LogP contribution in [0.4, 0.5) is 17.6 Å². The molecule has 0 bridgehead atoms. The van der Waals surface area contributed by atoms with Crippen LogP contribution in [0.25, 0.3) is 22.0 Å². The van der Waals surface area contributed by atoms with Crippen LogP contribution in [0.3, 0.4) is 0 Å². The molecule has 0 amide bonds. The van der Waals surface area contributed by atoms with E-state index in [0.717, 1.165) is 66.8 Å². The summed E-state index contributed by atoms with van der Waals surface area (Å²) in [5.74, 6) is -0.531. The maximum absolute atomic E-state index is 15.1. The molecule has 208 valence electrons. The summed E-state index contributed by atoms with van der Waals surface area (Å²) in [4.78, 5) is 17.2. The lowest BCUT2D eigenvalue weighted by Crippen LogP contribution is -2.34. The number of alkyl halides is 3. The highest BCUT2D eigenvalue weighted by molar-refractivity contribution is 5.90. The van der Waals surface area contributed by atoms with Crippen molar-refractivity contribution in [1.82, 2.24) is 4.98 Å². The SMILES string of the molecule is C=C(/C=C(\OC)C(C)(C)C(F)(F)F)CC(=O)Cc1ccc(-c2cnc3cc(CC)c(OC)cc3c2C)cc1F. The molecule has 8 heteroatoms. The van der Waals surface area contributed by atoms with Crippen molar-refractivity contribution in [3.63, 3.8) is 0 Å². The van der Waals surface area contributed by atoms with Gasteiger partial charge >= 0.3 is 6.18 Å². The minimum Gasteiger partial charge on any atom is -0.500 e. The molecule has 0 saturated carbocycles. The maximum atomic E-state index is 15.1. The van der Waals surface area contributed by atoms with Crippen molar-refractivity contribution < 1.29 is 31.8 Å². The van der Waals surface area contributed by atoms with E-state index in [-0.39, 0.29) is 35.5 Å². The van der Waals surface area contributed by atoms with E-state index < -0.39 is 17.4 Å². The third kappa shape index (κ3) is 6.32. The third-order valence-corrected chi connectivity index (χ3v) is 6.98. The highest BCUT2D eigenvalue weighted by atomic mass is 19.4. The zero-order valence-corrected chi connectivity index (χ0v) is 23.1. The average Bonchev–Trinajstić information content (AvgIpc) is 2.87. The van der Waals surface area contributed by atoms with Crippen LogP contribution >= 0.6 is 0 Å². The summed E-state index contributed by atoms with van der Waals surface area (Å²) >= 11 is 0. The molecule has 1 heterocycles. The Morgan fingerprint density at radius 2 is 1.79 bits per heavy atom. The van der Waals surface area contributed by atoms with Gasteiger partial charge < -0.3 is 9.47 Å². The van der Waals surface area contributed by atoms with Gasteiger partial charge in [0.15, 0.2) is 0 Å². The van der Waals surface area contributed by atoms with E-state index >= 15 is 4.39 Å². The smallest absolute Gasteiger partial charge is 0.400 e. The molecule has 0 fully saturated rings. The molecule has 2 aromatic carbocycles. The monoisotopic (exact) mass is 543 g/mol. The number of halogens is 4. The summed E-state index contributed by atoms with van der Waals surface area (Å²) in [6.07, 6.45) is -1.38. The van der Waals surface area contributed by atoms with Crippen molar-refractivity contribution in [2.75, 3.05) is 14.2 Å². The van der Waals surface area contributed by atoms with Crippen LogP contribution < -0.4 is 4.74 Å². The van der Waals surface area contributed by atoms with Crippen LogP contribution in [0.2, 0.25) is 0 Å². The molecule has 0 aliphatic rings. The summed E-state index contributed by atoms with van der Waals surface area (Å²) in [6.45, 7) is 9.65. The van der Waals surface area contributed by atoms with Gasteiger partial charge in [0.2, 0.25) is 0 Å². The van der Waals surface area contributed by atoms with Crippen LogP contribution in [0, 0.1) is 18.2 Å². The molecule has 0 atom stereocenters. The fourth-order valence-electron chi connectivity index (χ4n) is 4.41. The molecule has 0 saturated heterocycles. The number of ketones is 1. The Balaban J connectivity index is 1.81. The fraction of sp³-hybridized carbons (Fsp3) is 0.355. The zero-order chi connectivity index (χ0) is 29.1. The first kappa shape index (κ1) is 29.9. The number of ether oxygens (including phenoxy) is 2. The Labute approximate surface area is 226 Å². The normalized spacial score (nSPS) is 12.5. The second kappa shape index (κ2) is 11.6. The quantitative estimate of drug-likeness (QED) is 0.147. The lowest BCUT2D eigenvalue weighted by atomic mass is 9.88. The number of Topliss-reactive ketones (excluding diaryl/α,β-unsaturated/α-hetero) is 1. The Bertz CT molecular complexity index is 1440. The predicted octanol–water partition coefficient (Wildman–Crippen LogP) is 8.10. The highest BCUT2D eigenvalue weighted by Gasteiger charge is 2.51. The van der Waals surface area contributed by atoms with Crippen molar-refractivity contribution in [2.24, 2.45) is 5.41 Å². The first-order valence-electron chi connectivity index (χ1n) is 12.5. The lowest BCUT2D eigenvalue weighted by molar-refractivity contribution is -0.208. The summed E-state index contributed by atoms with van der Waals surface area (Å²) in [5.41, 5.74) is 2.22. The summed E-state index contributed by atoms with van der Waals surface area (Å²) in [6, 6.07) is 8.56. The molecular weight excluding hydrogens is 510 g/mol. The van der Waals surface area contributed by atoms with Gasteiger partial charge in [-0.25, -0.2) is 4.39 Å². The van der Waals surface area contributed by atoms with Crippen molar-refractivity contribution in [3.8, 4) is 16.9 Å². The van der Waals surface area contributed by atoms with Crippen LogP contribution in [0.15, 0.2) is 60.5 Å². The molecule has 0 unspecified atom stereocenters. The van der Waals surface area contributed by atoms with E-state index in [0.29, 0.717) is 5.56 Å². The molecular formula is C31H33F4NO3. The molecule has 0 radical (unpaired) electrons. The van der Waals surface area contributed by atoms with Crippen molar-refractivity contribution in [2.45, 2.75) is 53.1 Å². The minimum atomic E-state index is -4.55. The second-order valence-electron chi connectivity index (χ2n) is 10.0. The Kier molecular flexibility index (Phi) is 8.88. The first-order valence-corrected chi connectivity index (χ1v) is 12.5. The van der Waals surface area contributed by atoms with E-state index in [1.54, 1.807) is 25.4 Å². The van der Waals surface area contributed by atoms with E-state index in [1.165, 1.54) is 6.07 Å². The number of nitrogens with zero attached hydrogens (tertiary/aromatic N) is 1. The number of hydrogen-bond donors (Lipinski definition) is 0. The second-order valence-corrected chi connectivity index (χ2v) is 10.0. The number of fused-ring (bicyclic) bond motifs is 1. The van der Waals surface area contributed by atoms with Gasteiger partial charge in [0.05, 0.1) is 19.7 Å². The molecule has 0 N–H and O–H groups in total. The number of hydrogen-bond acceptors (Lipinski definition) is 4. The molecule has 0 aliphatic heterocycles. The number of methoxy groups -OCH3 is 2. The number of benzene rings is 2. The topological polar surface area (TPSA) is 48.4 Å². The first-order chi connectivity index (χ1) is 18.2. The standard InChI is InChI=1S/C31H33F4NO3/c1-8-20-15-27-24(16-28(20)38-6)19(3)25(17-36-27)21-9-10-22(26(32)14-21)13-23(37)11-18(2)12-29(39-7)30(4,5)31(33,34)35/h9-10,12,14-17H,2,8,11,13H2,1,3-7H3/b29-12-. The van der Waals surface area contributed by atoms with Crippen molar-refractivity contribution >= 4 is 16.7 Å². The minimum absolute atomic E-state index is 0.144.